The van der Waals surface area contributed by atoms with Crippen LogP contribution in [0.4, 0.5) is 0 Å². The molecule has 1 amide bonds. The van der Waals surface area contributed by atoms with E-state index < -0.39 is 11.1 Å². The summed E-state index contributed by atoms with van der Waals surface area (Å²) in [6.07, 6.45) is 0.823. The van der Waals surface area contributed by atoms with Gasteiger partial charge in [-0.2, -0.15) is 16.4 Å². The molecular formula is C16H18N4O3S. The number of rotatable bonds is 2. The van der Waals surface area contributed by atoms with E-state index in [0.29, 0.717) is 37.6 Å². The zero-order valence-electron chi connectivity index (χ0n) is 13.3. The van der Waals surface area contributed by atoms with E-state index in [4.69, 9.17) is 0 Å². The molecule has 0 aromatic carbocycles. The molecule has 0 saturated carbocycles. The molecule has 1 saturated heterocycles. The summed E-state index contributed by atoms with van der Waals surface area (Å²) in [7, 11) is 0. The number of fused-ring (bicyclic) bond motifs is 3. The first-order valence-corrected chi connectivity index (χ1v) is 9.07. The van der Waals surface area contributed by atoms with Crippen molar-refractivity contribution in [3.8, 4) is 0 Å². The summed E-state index contributed by atoms with van der Waals surface area (Å²) in [5.41, 5.74) is -0.349. The molecule has 4 heterocycles. The predicted octanol–water partition coefficient (Wildman–Crippen LogP) is 0.746. The first-order valence-electron chi connectivity index (χ1n) is 8.13. The van der Waals surface area contributed by atoms with E-state index in [2.05, 4.69) is 5.10 Å². The molecule has 126 valence electrons. The van der Waals surface area contributed by atoms with Gasteiger partial charge < -0.3 is 4.90 Å². The fourth-order valence-electron chi connectivity index (χ4n) is 3.72. The summed E-state index contributed by atoms with van der Waals surface area (Å²) in [5.74, 6) is 0.963. The monoisotopic (exact) mass is 346 g/mol. The highest BCUT2D eigenvalue weighted by molar-refractivity contribution is 7.08. The summed E-state index contributed by atoms with van der Waals surface area (Å²) in [6, 6.07) is 1.83. The molecule has 2 aromatic rings. The van der Waals surface area contributed by atoms with Crippen molar-refractivity contribution in [2.24, 2.45) is 5.92 Å². The summed E-state index contributed by atoms with van der Waals surface area (Å²) >= 11 is 1.51. The van der Waals surface area contributed by atoms with Crippen molar-refractivity contribution in [3.05, 3.63) is 48.9 Å². The smallest absolute Gasteiger partial charge is 0.332 e. The molecule has 2 aliphatic rings. The number of carbonyl (C=O) groups is 1. The lowest BCUT2D eigenvalue weighted by Crippen LogP contribution is -2.44. The Balaban J connectivity index is 1.68. The van der Waals surface area contributed by atoms with E-state index >= 15 is 0 Å². The third-order valence-electron chi connectivity index (χ3n) is 5.02. The second-order valence-electron chi connectivity index (χ2n) is 6.31. The van der Waals surface area contributed by atoms with Gasteiger partial charge in [-0.3, -0.25) is 19.0 Å². The summed E-state index contributed by atoms with van der Waals surface area (Å²) in [5, 5.41) is 8.15. The van der Waals surface area contributed by atoms with Gasteiger partial charge in [-0.15, -0.1) is 0 Å². The van der Waals surface area contributed by atoms with E-state index in [-0.39, 0.29) is 17.7 Å². The molecule has 1 fully saturated rings. The Morgan fingerprint density at radius 3 is 2.88 bits per heavy atom. The van der Waals surface area contributed by atoms with Crippen LogP contribution in [-0.2, 0) is 13.1 Å². The SMILES string of the molecule is CCn1nc2n(c(=O)c1=O)C[C@H]1CCN(C(=O)c3ccsc3)C[C@H]21. The van der Waals surface area contributed by atoms with Gasteiger partial charge in [0.2, 0.25) is 0 Å². The minimum atomic E-state index is -0.564. The Kier molecular flexibility index (Phi) is 3.64. The Bertz CT molecular complexity index is 899. The molecule has 0 N–H and O–H groups in total. The van der Waals surface area contributed by atoms with Crippen molar-refractivity contribution in [1.82, 2.24) is 19.2 Å². The number of piperidine rings is 1. The van der Waals surface area contributed by atoms with Crippen molar-refractivity contribution in [3.63, 3.8) is 0 Å². The van der Waals surface area contributed by atoms with Gasteiger partial charge in [-0.05, 0) is 30.7 Å². The second-order valence-corrected chi connectivity index (χ2v) is 7.09. The molecule has 4 rings (SSSR count). The van der Waals surface area contributed by atoms with Gasteiger partial charge in [0.05, 0.1) is 5.56 Å². The topological polar surface area (TPSA) is 77.2 Å². The van der Waals surface area contributed by atoms with Crippen molar-refractivity contribution < 1.29 is 4.79 Å². The van der Waals surface area contributed by atoms with Crippen molar-refractivity contribution in [1.29, 1.82) is 0 Å². The zero-order chi connectivity index (χ0) is 16.8. The van der Waals surface area contributed by atoms with Gasteiger partial charge >= 0.3 is 11.1 Å². The number of aromatic nitrogens is 3. The van der Waals surface area contributed by atoms with E-state index in [9.17, 15) is 14.4 Å². The first-order chi connectivity index (χ1) is 11.6. The second kappa shape index (κ2) is 5.70. The third-order valence-corrected chi connectivity index (χ3v) is 5.71. The standard InChI is InChI=1S/C16H18N4O3S/c1-2-20-16(23)15(22)19-7-10-3-5-18(8-12(10)13(19)17-20)14(21)11-4-6-24-9-11/h4,6,9-10,12H,2-3,5,7-8H2,1H3/t10-,12+/m1/s1. The average molecular weight is 346 g/mol. The van der Waals surface area contributed by atoms with Gasteiger partial charge in [0.15, 0.2) is 0 Å². The molecule has 0 spiro atoms. The zero-order valence-corrected chi connectivity index (χ0v) is 14.2. The van der Waals surface area contributed by atoms with Crippen LogP contribution in [0.15, 0.2) is 26.4 Å². The lowest BCUT2D eigenvalue weighted by molar-refractivity contribution is 0.0668. The molecule has 0 unspecified atom stereocenters. The number of hydrogen-bond donors (Lipinski definition) is 0. The van der Waals surface area contributed by atoms with Crippen LogP contribution in [0, 0.1) is 5.92 Å². The molecule has 0 radical (unpaired) electrons. The fourth-order valence-corrected chi connectivity index (χ4v) is 4.35. The van der Waals surface area contributed by atoms with Crippen LogP contribution >= 0.6 is 11.3 Å². The molecule has 2 aliphatic heterocycles. The summed E-state index contributed by atoms with van der Waals surface area (Å²) in [4.78, 5) is 38.7. The number of aryl methyl sites for hydroxylation is 1. The highest BCUT2D eigenvalue weighted by Crippen LogP contribution is 2.37. The average Bonchev–Trinajstić information content (AvgIpc) is 3.24. The van der Waals surface area contributed by atoms with E-state index in [1.807, 2.05) is 21.7 Å². The third kappa shape index (κ3) is 2.24. The number of carbonyl (C=O) groups excluding carboxylic acids is 1. The Labute approximate surface area is 142 Å². The van der Waals surface area contributed by atoms with Crippen LogP contribution in [0.1, 0.15) is 35.4 Å². The van der Waals surface area contributed by atoms with E-state index in [0.717, 1.165) is 6.42 Å². The van der Waals surface area contributed by atoms with Gasteiger partial charge in [0.1, 0.15) is 5.82 Å². The quantitative estimate of drug-likeness (QED) is 0.752. The van der Waals surface area contributed by atoms with Gasteiger partial charge in [0, 0.05) is 37.5 Å². The number of nitrogens with zero attached hydrogens (tertiary/aromatic N) is 4. The van der Waals surface area contributed by atoms with Crippen LogP contribution in [0.25, 0.3) is 0 Å². The highest BCUT2D eigenvalue weighted by Gasteiger charge is 2.41. The van der Waals surface area contributed by atoms with Crippen molar-refractivity contribution in [2.75, 3.05) is 13.1 Å². The van der Waals surface area contributed by atoms with Gasteiger partial charge in [0.25, 0.3) is 5.91 Å². The lowest BCUT2D eigenvalue weighted by atomic mass is 9.87. The first kappa shape index (κ1) is 15.3. The maximum atomic E-state index is 12.6. The molecule has 0 aliphatic carbocycles. The number of likely N-dealkylation sites (tertiary alicyclic amines) is 1. The number of amides is 1. The van der Waals surface area contributed by atoms with Crippen LogP contribution in [-0.4, -0.2) is 38.2 Å². The molecule has 24 heavy (non-hydrogen) atoms. The van der Waals surface area contributed by atoms with Gasteiger partial charge in [-0.1, -0.05) is 0 Å². The molecule has 0 bridgehead atoms. The summed E-state index contributed by atoms with van der Waals surface area (Å²) in [6.45, 7) is 3.93. The summed E-state index contributed by atoms with van der Waals surface area (Å²) < 4.78 is 2.75. The predicted molar refractivity (Wildman–Crippen MR) is 89.5 cm³/mol. The van der Waals surface area contributed by atoms with Crippen molar-refractivity contribution >= 4 is 17.2 Å². The van der Waals surface area contributed by atoms with E-state index in [1.165, 1.54) is 20.6 Å². The van der Waals surface area contributed by atoms with E-state index in [1.54, 1.807) is 6.92 Å². The van der Waals surface area contributed by atoms with Crippen LogP contribution in [0.2, 0.25) is 0 Å². The molecule has 2 aromatic heterocycles. The Morgan fingerprint density at radius 1 is 1.33 bits per heavy atom. The van der Waals surface area contributed by atoms with Gasteiger partial charge in [-0.25, -0.2) is 4.68 Å². The number of thiophene rings is 1. The fraction of sp³-hybridized carbons (Fsp3) is 0.500. The Morgan fingerprint density at radius 2 is 2.17 bits per heavy atom. The van der Waals surface area contributed by atoms with Crippen LogP contribution < -0.4 is 11.1 Å². The normalized spacial score (nSPS) is 22.3. The highest BCUT2D eigenvalue weighted by atomic mass is 32.1. The largest absolute Gasteiger partial charge is 0.338 e. The Hall–Kier alpha value is -2.22. The number of hydrogen-bond acceptors (Lipinski definition) is 5. The maximum Gasteiger partial charge on any atom is 0.332 e. The van der Waals surface area contributed by atoms with Crippen molar-refractivity contribution in [2.45, 2.75) is 32.4 Å². The molecule has 2 atom stereocenters. The molecular weight excluding hydrogens is 328 g/mol. The minimum Gasteiger partial charge on any atom is -0.338 e. The minimum absolute atomic E-state index is 0.0208. The van der Waals surface area contributed by atoms with Crippen LogP contribution in [0.3, 0.4) is 0 Å². The lowest BCUT2D eigenvalue weighted by Gasteiger charge is -2.34. The molecule has 7 nitrogen and oxygen atoms in total. The van der Waals surface area contributed by atoms with Crippen LogP contribution in [0.5, 0.6) is 0 Å². The molecule has 8 heteroatoms. The maximum absolute atomic E-state index is 12.6.